The van der Waals surface area contributed by atoms with E-state index in [1.54, 1.807) is 11.3 Å². The Bertz CT molecular complexity index is 264. The summed E-state index contributed by atoms with van der Waals surface area (Å²) < 4.78 is 0. The molecular formula is C11H21N3S. The Morgan fingerprint density at radius 1 is 1.47 bits per heavy atom. The largest absolute Gasteiger partial charge is 0.311 e. The standard InChI is InChI=1S/C11H21N3S/c1-11(2,3)13-5-6-14(4)7-10-8-15-9-12-10/h8-9,13H,5-7H2,1-4H3. The maximum atomic E-state index is 4.27. The van der Waals surface area contributed by atoms with Crippen molar-refractivity contribution >= 4 is 11.3 Å². The fourth-order valence-corrected chi connectivity index (χ4v) is 1.84. The molecule has 0 aliphatic rings. The SMILES string of the molecule is CN(CCNC(C)(C)C)Cc1cscn1. The highest BCUT2D eigenvalue weighted by Gasteiger charge is 2.08. The van der Waals surface area contributed by atoms with Gasteiger partial charge in [0.1, 0.15) is 0 Å². The van der Waals surface area contributed by atoms with E-state index in [0.717, 1.165) is 19.6 Å². The summed E-state index contributed by atoms with van der Waals surface area (Å²) in [6, 6.07) is 0. The molecule has 0 radical (unpaired) electrons. The van der Waals surface area contributed by atoms with Crippen LogP contribution >= 0.6 is 11.3 Å². The van der Waals surface area contributed by atoms with Crippen LogP contribution in [-0.4, -0.2) is 35.6 Å². The minimum Gasteiger partial charge on any atom is -0.311 e. The molecule has 0 atom stereocenters. The zero-order valence-corrected chi connectivity index (χ0v) is 10.9. The van der Waals surface area contributed by atoms with Crippen molar-refractivity contribution in [2.24, 2.45) is 0 Å². The average molecular weight is 227 g/mol. The van der Waals surface area contributed by atoms with E-state index in [9.17, 15) is 0 Å². The predicted molar refractivity (Wildman–Crippen MR) is 66.2 cm³/mol. The zero-order chi connectivity index (χ0) is 11.3. The van der Waals surface area contributed by atoms with Crippen LogP contribution in [0.15, 0.2) is 10.9 Å². The van der Waals surface area contributed by atoms with E-state index in [1.165, 1.54) is 5.69 Å². The summed E-state index contributed by atoms with van der Waals surface area (Å²) in [5.41, 5.74) is 3.26. The predicted octanol–water partition coefficient (Wildman–Crippen LogP) is 1.96. The van der Waals surface area contributed by atoms with E-state index in [1.807, 2.05) is 5.51 Å². The normalized spacial score (nSPS) is 12.3. The Balaban J connectivity index is 2.17. The second-order valence-corrected chi connectivity index (χ2v) is 5.61. The number of rotatable bonds is 5. The Hall–Kier alpha value is -0.450. The first-order chi connectivity index (χ1) is 6.97. The van der Waals surface area contributed by atoms with E-state index in [2.05, 4.69) is 48.4 Å². The van der Waals surface area contributed by atoms with Crippen LogP contribution in [0.4, 0.5) is 0 Å². The number of hydrogen-bond acceptors (Lipinski definition) is 4. The van der Waals surface area contributed by atoms with Gasteiger partial charge in [-0.05, 0) is 27.8 Å². The van der Waals surface area contributed by atoms with Crippen molar-refractivity contribution in [3.8, 4) is 0 Å². The van der Waals surface area contributed by atoms with Gasteiger partial charge >= 0.3 is 0 Å². The highest BCUT2D eigenvalue weighted by atomic mass is 32.1. The van der Waals surface area contributed by atoms with E-state index < -0.39 is 0 Å². The molecule has 0 unspecified atom stereocenters. The number of nitrogens with one attached hydrogen (secondary N) is 1. The first kappa shape index (κ1) is 12.6. The van der Waals surface area contributed by atoms with Crippen LogP contribution in [0.3, 0.4) is 0 Å². The number of nitrogens with zero attached hydrogens (tertiary/aromatic N) is 2. The molecule has 3 nitrogen and oxygen atoms in total. The topological polar surface area (TPSA) is 28.2 Å². The van der Waals surface area contributed by atoms with Crippen molar-refractivity contribution in [1.82, 2.24) is 15.2 Å². The molecule has 86 valence electrons. The van der Waals surface area contributed by atoms with Crippen molar-refractivity contribution in [1.29, 1.82) is 0 Å². The van der Waals surface area contributed by atoms with Gasteiger partial charge in [0.25, 0.3) is 0 Å². The van der Waals surface area contributed by atoms with Crippen molar-refractivity contribution < 1.29 is 0 Å². The van der Waals surface area contributed by atoms with Crippen molar-refractivity contribution in [3.63, 3.8) is 0 Å². The van der Waals surface area contributed by atoms with Crippen LogP contribution < -0.4 is 5.32 Å². The first-order valence-electron chi connectivity index (χ1n) is 5.28. The summed E-state index contributed by atoms with van der Waals surface area (Å²) in [7, 11) is 2.13. The Labute approximate surface area is 96.5 Å². The molecule has 1 heterocycles. The zero-order valence-electron chi connectivity index (χ0n) is 10.1. The fourth-order valence-electron chi connectivity index (χ4n) is 1.29. The van der Waals surface area contributed by atoms with Gasteiger partial charge in [-0.25, -0.2) is 4.98 Å². The lowest BCUT2D eigenvalue weighted by Gasteiger charge is -2.23. The molecule has 0 fully saturated rings. The lowest BCUT2D eigenvalue weighted by Crippen LogP contribution is -2.40. The van der Waals surface area contributed by atoms with Crippen LogP contribution in [-0.2, 0) is 6.54 Å². The molecule has 0 aliphatic carbocycles. The minimum atomic E-state index is 0.210. The molecular weight excluding hydrogens is 206 g/mol. The molecule has 4 heteroatoms. The van der Waals surface area contributed by atoms with Gasteiger partial charge in [-0.3, -0.25) is 4.90 Å². The molecule has 1 rings (SSSR count). The summed E-state index contributed by atoms with van der Waals surface area (Å²) in [5, 5.41) is 5.58. The van der Waals surface area contributed by atoms with E-state index in [0.29, 0.717) is 0 Å². The van der Waals surface area contributed by atoms with Crippen molar-refractivity contribution in [2.45, 2.75) is 32.9 Å². The minimum absolute atomic E-state index is 0.210. The molecule has 0 amide bonds. The fraction of sp³-hybridized carbons (Fsp3) is 0.727. The smallest absolute Gasteiger partial charge is 0.0795 e. The van der Waals surface area contributed by atoms with E-state index >= 15 is 0 Å². The van der Waals surface area contributed by atoms with Gasteiger partial charge in [-0.1, -0.05) is 0 Å². The molecule has 1 N–H and O–H groups in total. The van der Waals surface area contributed by atoms with Gasteiger partial charge in [-0.15, -0.1) is 11.3 Å². The summed E-state index contributed by atoms with van der Waals surface area (Å²) in [6.45, 7) is 9.57. The summed E-state index contributed by atoms with van der Waals surface area (Å²) >= 11 is 1.66. The Kier molecular flexibility index (Phi) is 4.70. The van der Waals surface area contributed by atoms with Crippen LogP contribution in [0.25, 0.3) is 0 Å². The Morgan fingerprint density at radius 3 is 2.73 bits per heavy atom. The lowest BCUT2D eigenvalue weighted by molar-refractivity contribution is 0.301. The third-order valence-electron chi connectivity index (χ3n) is 2.06. The maximum Gasteiger partial charge on any atom is 0.0795 e. The van der Waals surface area contributed by atoms with Gasteiger partial charge in [0.05, 0.1) is 11.2 Å². The lowest BCUT2D eigenvalue weighted by atomic mass is 10.1. The maximum absolute atomic E-state index is 4.27. The van der Waals surface area contributed by atoms with Crippen LogP contribution in [0.2, 0.25) is 0 Å². The number of hydrogen-bond donors (Lipinski definition) is 1. The average Bonchev–Trinajstić information content (AvgIpc) is 2.54. The second kappa shape index (κ2) is 5.58. The molecule has 0 saturated heterocycles. The third-order valence-corrected chi connectivity index (χ3v) is 2.70. The van der Waals surface area contributed by atoms with Gasteiger partial charge < -0.3 is 5.32 Å². The summed E-state index contributed by atoms with van der Waals surface area (Å²) in [6.07, 6.45) is 0. The quantitative estimate of drug-likeness (QED) is 0.833. The van der Waals surface area contributed by atoms with Crippen molar-refractivity contribution in [3.05, 3.63) is 16.6 Å². The number of thiazole rings is 1. The van der Waals surface area contributed by atoms with Gasteiger partial charge in [0.2, 0.25) is 0 Å². The molecule has 0 saturated carbocycles. The van der Waals surface area contributed by atoms with E-state index in [4.69, 9.17) is 0 Å². The van der Waals surface area contributed by atoms with E-state index in [-0.39, 0.29) is 5.54 Å². The molecule has 0 aliphatic heterocycles. The number of aromatic nitrogens is 1. The second-order valence-electron chi connectivity index (χ2n) is 4.89. The molecule has 1 aromatic heterocycles. The van der Waals surface area contributed by atoms with Gasteiger partial charge in [0.15, 0.2) is 0 Å². The molecule has 0 bridgehead atoms. The summed E-state index contributed by atoms with van der Waals surface area (Å²) in [5.74, 6) is 0. The summed E-state index contributed by atoms with van der Waals surface area (Å²) in [4.78, 5) is 6.56. The van der Waals surface area contributed by atoms with Crippen LogP contribution in [0.5, 0.6) is 0 Å². The van der Waals surface area contributed by atoms with Gasteiger partial charge in [0, 0.05) is 30.6 Å². The van der Waals surface area contributed by atoms with Crippen LogP contribution in [0, 0.1) is 0 Å². The molecule has 15 heavy (non-hydrogen) atoms. The first-order valence-corrected chi connectivity index (χ1v) is 6.22. The Morgan fingerprint density at radius 2 is 2.20 bits per heavy atom. The molecule has 0 spiro atoms. The molecule has 1 aromatic rings. The van der Waals surface area contributed by atoms with Crippen molar-refractivity contribution in [2.75, 3.05) is 20.1 Å². The molecule has 0 aromatic carbocycles. The highest BCUT2D eigenvalue weighted by Crippen LogP contribution is 2.03. The third kappa shape index (κ3) is 5.87. The highest BCUT2D eigenvalue weighted by molar-refractivity contribution is 7.07. The monoisotopic (exact) mass is 227 g/mol. The van der Waals surface area contributed by atoms with Gasteiger partial charge in [-0.2, -0.15) is 0 Å². The van der Waals surface area contributed by atoms with Crippen LogP contribution in [0.1, 0.15) is 26.5 Å². The number of likely N-dealkylation sites (N-methyl/N-ethyl adjacent to an activating group) is 1.